The van der Waals surface area contributed by atoms with Crippen molar-refractivity contribution in [2.24, 2.45) is 11.8 Å². The molecule has 3 N–H and O–H groups in total. The van der Waals surface area contributed by atoms with E-state index in [1.807, 2.05) is 6.92 Å². The molecule has 0 fully saturated rings. The van der Waals surface area contributed by atoms with Gasteiger partial charge < -0.3 is 0 Å². The molecular weight excluding hydrogens is 241 g/mol. The van der Waals surface area contributed by atoms with Gasteiger partial charge in [0.2, 0.25) is 0 Å². The summed E-state index contributed by atoms with van der Waals surface area (Å²) < 4.78 is 39.6. The van der Waals surface area contributed by atoms with Crippen molar-refractivity contribution in [1.82, 2.24) is 5.43 Å². The van der Waals surface area contributed by atoms with E-state index in [-0.39, 0.29) is 5.56 Å². The Balaban J connectivity index is 2.92. The molecule has 0 aliphatic carbocycles. The number of hydrogen-bond acceptors (Lipinski definition) is 2. The maximum atomic E-state index is 13.6. The Labute approximate surface area is 105 Å². The molecule has 1 aromatic rings. The highest BCUT2D eigenvalue weighted by molar-refractivity contribution is 5.23. The zero-order valence-corrected chi connectivity index (χ0v) is 10.6. The van der Waals surface area contributed by atoms with Gasteiger partial charge in [-0.15, -0.1) is 0 Å². The zero-order chi connectivity index (χ0) is 13.7. The van der Waals surface area contributed by atoms with Crippen LogP contribution in [0.2, 0.25) is 0 Å². The van der Waals surface area contributed by atoms with Gasteiger partial charge >= 0.3 is 0 Å². The van der Waals surface area contributed by atoms with Crippen LogP contribution in [0.4, 0.5) is 13.2 Å². The van der Waals surface area contributed by atoms with Crippen molar-refractivity contribution in [2.45, 2.75) is 39.2 Å². The van der Waals surface area contributed by atoms with Crippen molar-refractivity contribution in [3.05, 3.63) is 35.1 Å². The highest BCUT2D eigenvalue weighted by Gasteiger charge is 2.21. The first-order chi connectivity index (χ1) is 8.51. The van der Waals surface area contributed by atoms with Gasteiger partial charge in [-0.1, -0.05) is 32.8 Å². The second kappa shape index (κ2) is 6.75. The van der Waals surface area contributed by atoms with E-state index in [2.05, 4.69) is 12.3 Å². The number of benzene rings is 1. The van der Waals surface area contributed by atoms with Gasteiger partial charge in [-0.25, -0.2) is 13.2 Å². The molecule has 1 rings (SSSR count). The summed E-state index contributed by atoms with van der Waals surface area (Å²) >= 11 is 0. The molecule has 0 bridgehead atoms. The normalized spacial score (nSPS) is 14.6. The van der Waals surface area contributed by atoms with Crippen molar-refractivity contribution < 1.29 is 13.2 Å². The van der Waals surface area contributed by atoms with Crippen LogP contribution in [0.25, 0.3) is 0 Å². The standard InChI is InChI=1S/C13H19F3N2/c1-3-4-8(2)7-11(18-17)9-5-6-10(14)13(16)12(9)15/h5-6,8,11,18H,3-4,7,17H2,1-2H3. The van der Waals surface area contributed by atoms with Crippen LogP contribution >= 0.6 is 0 Å². The number of hydrazine groups is 1. The number of halogens is 3. The van der Waals surface area contributed by atoms with Crippen LogP contribution in [0, 0.1) is 23.4 Å². The quantitative estimate of drug-likeness (QED) is 0.467. The Kier molecular flexibility index (Phi) is 5.62. The van der Waals surface area contributed by atoms with Gasteiger partial charge in [-0.3, -0.25) is 11.3 Å². The lowest BCUT2D eigenvalue weighted by molar-refractivity contribution is 0.373. The lowest BCUT2D eigenvalue weighted by atomic mass is 9.93. The molecule has 2 atom stereocenters. The van der Waals surface area contributed by atoms with E-state index < -0.39 is 23.5 Å². The van der Waals surface area contributed by atoms with Gasteiger partial charge in [0, 0.05) is 11.6 Å². The first-order valence-corrected chi connectivity index (χ1v) is 6.10. The first-order valence-electron chi connectivity index (χ1n) is 6.10. The largest absolute Gasteiger partial charge is 0.271 e. The van der Waals surface area contributed by atoms with E-state index in [1.54, 1.807) is 0 Å². The summed E-state index contributed by atoms with van der Waals surface area (Å²) in [6.07, 6.45) is 2.56. The molecule has 0 aliphatic rings. The van der Waals surface area contributed by atoms with Crippen LogP contribution in [-0.4, -0.2) is 0 Å². The average molecular weight is 260 g/mol. The van der Waals surface area contributed by atoms with Crippen molar-refractivity contribution >= 4 is 0 Å². The second-order valence-corrected chi connectivity index (χ2v) is 4.61. The van der Waals surface area contributed by atoms with E-state index in [1.165, 1.54) is 6.07 Å². The van der Waals surface area contributed by atoms with E-state index in [9.17, 15) is 13.2 Å². The Morgan fingerprint density at radius 3 is 2.44 bits per heavy atom. The molecule has 0 aliphatic heterocycles. The number of hydrogen-bond donors (Lipinski definition) is 2. The summed E-state index contributed by atoms with van der Waals surface area (Å²) in [5.74, 6) is 1.90. The molecule has 0 aromatic heterocycles. The molecule has 0 saturated carbocycles. The van der Waals surface area contributed by atoms with Crippen LogP contribution in [0.5, 0.6) is 0 Å². The van der Waals surface area contributed by atoms with Crippen LogP contribution < -0.4 is 11.3 Å². The highest BCUT2D eigenvalue weighted by atomic mass is 19.2. The van der Waals surface area contributed by atoms with E-state index in [4.69, 9.17) is 5.84 Å². The third-order valence-electron chi connectivity index (χ3n) is 3.06. The van der Waals surface area contributed by atoms with Gasteiger partial charge in [0.1, 0.15) is 0 Å². The minimum Gasteiger partial charge on any atom is -0.271 e. The Bertz CT molecular complexity index is 396. The van der Waals surface area contributed by atoms with Gasteiger partial charge in [-0.05, 0) is 18.4 Å². The van der Waals surface area contributed by atoms with Gasteiger partial charge in [-0.2, -0.15) is 0 Å². The molecule has 0 spiro atoms. The molecule has 0 heterocycles. The van der Waals surface area contributed by atoms with Gasteiger partial charge in [0.25, 0.3) is 0 Å². The molecule has 0 amide bonds. The number of nitrogens with two attached hydrogens (primary N) is 1. The third kappa shape index (κ3) is 3.46. The van der Waals surface area contributed by atoms with Crippen molar-refractivity contribution in [3.63, 3.8) is 0 Å². The summed E-state index contributed by atoms with van der Waals surface area (Å²) in [5.41, 5.74) is 2.53. The maximum absolute atomic E-state index is 13.6. The summed E-state index contributed by atoms with van der Waals surface area (Å²) in [6, 6.07) is 1.64. The van der Waals surface area contributed by atoms with E-state index in [0.29, 0.717) is 12.3 Å². The SMILES string of the molecule is CCCC(C)CC(NN)c1ccc(F)c(F)c1F. The summed E-state index contributed by atoms with van der Waals surface area (Å²) in [7, 11) is 0. The predicted molar refractivity (Wildman–Crippen MR) is 65.1 cm³/mol. The minimum absolute atomic E-state index is 0.0688. The molecule has 0 radical (unpaired) electrons. The Hall–Kier alpha value is -1.07. The second-order valence-electron chi connectivity index (χ2n) is 4.61. The molecule has 5 heteroatoms. The molecular formula is C13H19F3N2. The zero-order valence-electron chi connectivity index (χ0n) is 10.6. The van der Waals surface area contributed by atoms with E-state index in [0.717, 1.165) is 18.9 Å². The topological polar surface area (TPSA) is 38.0 Å². The monoisotopic (exact) mass is 260 g/mol. The molecule has 1 aromatic carbocycles. The summed E-state index contributed by atoms with van der Waals surface area (Å²) in [6.45, 7) is 4.07. The fourth-order valence-electron chi connectivity index (χ4n) is 2.11. The van der Waals surface area contributed by atoms with Crippen molar-refractivity contribution in [1.29, 1.82) is 0 Å². The van der Waals surface area contributed by atoms with Crippen molar-refractivity contribution in [2.75, 3.05) is 0 Å². The fraction of sp³-hybridized carbons (Fsp3) is 0.538. The van der Waals surface area contributed by atoms with Crippen LogP contribution in [0.3, 0.4) is 0 Å². The molecule has 18 heavy (non-hydrogen) atoms. The third-order valence-corrected chi connectivity index (χ3v) is 3.06. The van der Waals surface area contributed by atoms with Gasteiger partial charge in [0.05, 0.1) is 0 Å². The summed E-state index contributed by atoms with van der Waals surface area (Å²) in [5, 5.41) is 0. The lowest BCUT2D eigenvalue weighted by Crippen LogP contribution is -2.30. The van der Waals surface area contributed by atoms with Crippen LogP contribution in [0.15, 0.2) is 12.1 Å². The van der Waals surface area contributed by atoms with E-state index >= 15 is 0 Å². The van der Waals surface area contributed by atoms with Crippen LogP contribution in [-0.2, 0) is 0 Å². The summed E-state index contributed by atoms with van der Waals surface area (Å²) in [4.78, 5) is 0. The fourth-order valence-corrected chi connectivity index (χ4v) is 2.11. The molecule has 0 saturated heterocycles. The highest BCUT2D eigenvalue weighted by Crippen LogP contribution is 2.27. The predicted octanol–water partition coefficient (Wildman–Crippen LogP) is 3.43. The Morgan fingerprint density at radius 2 is 1.89 bits per heavy atom. The lowest BCUT2D eigenvalue weighted by Gasteiger charge is -2.21. The molecule has 2 nitrogen and oxygen atoms in total. The maximum Gasteiger partial charge on any atom is 0.194 e. The average Bonchev–Trinajstić information content (AvgIpc) is 2.34. The van der Waals surface area contributed by atoms with Crippen LogP contribution in [0.1, 0.15) is 44.7 Å². The first kappa shape index (κ1) is 15.0. The number of nitrogens with one attached hydrogen (secondary N) is 1. The minimum atomic E-state index is -1.45. The van der Waals surface area contributed by atoms with Crippen molar-refractivity contribution in [3.8, 4) is 0 Å². The molecule has 2 unspecified atom stereocenters. The smallest absolute Gasteiger partial charge is 0.194 e. The number of rotatable bonds is 6. The Morgan fingerprint density at radius 1 is 1.22 bits per heavy atom. The molecule has 102 valence electrons. The van der Waals surface area contributed by atoms with Gasteiger partial charge in [0.15, 0.2) is 17.5 Å².